The van der Waals surface area contributed by atoms with E-state index in [1.54, 1.807) is 0 Å². The molecule has 4 heteroatoms. The lowest BCUT2D eigenvalue weighted by molar-refractivity contribution is -0.158. The van der Waals surface area contributed by atoms with Crippen molar-refractivity contribution in [1.29, 1.82) is 0 Å². The summed E-state index contributed by atoms with van der Waals surface area (Å²) < 4.78 is 10.8. The van der Waals surface area contributed by atoms with Crippen LogP contribution < -0.4 is 0 Å². The van der Waals surface area contributed by atoms with Gasteiger partial charge in [-0.1, -0.05) is 187 Å². The molecule has 1 atom stereocenters. The van der Waals surface area contributed by atoms with Crippen molar-refractivity contribution in [2.75, 3.05) is 6.61 Å². The van der Waals surface area contributed by atoms with Gasteiger partial charge in [0.05, 0.1) is 0 Å². The van der Waals surface area contributed by atoms with Crippen molar-refractivity contribution in [3.8, 4) is 0 Å². The van der Waals surface area contributed by atoms with Crippen LogP contribution in [0.4, 0.5) is 0 Å². The fourth-order valence-electron chi connectivity index (χ4n) is 5.70. The Morgan fingerprint density at radius 3 is 0.976 bits per heavy atom. The number of unbranched alkanes of at least 4 members (excludes halogenated alkanes) is 27. The zero-order chi connectivity index (χ0) is 30.8. The average Bonchev–Trinajstić information content (AvgIpc) is 2.98. The third-order valence-electron chi connectivity index (χ3n) is 8.53. The Kier molecular flexibility index (Phi) is 33.6. The largest absolute Gasteiger partial charge is 0.462 e. The third-order valence-corrected chi connectivity index (χ3v) is 8.53. The van der Waals surface area contributed by atoms with Crippen LogP contribution >= 0.6 is 0 Å². The van der Waals surface area contributed by atoms with Gasteiger partial charge in [-0.05, 0) is 19.8 Å². The molecule has 0 aromatic carbocycles. The van der Waals surface area contributed by atoms with Crippen molar-refractivity contribution >= 4 is 11.9 Å². The Morgan fingerprint density at radius 1 is 0.405 bits per heavy atom. The van der Waals surface area contributed by atoms with E-state index in [-0.39, 0.29) is 24.6 Å². The van der Waals surface area contributed by atoms with Crippen molar-refractivity contribution in [2.45, 2.75) is 226 Å². The second kappa shape index (κ2) is 34.4. The van der Waals surface area contributed by atoms with Gasteiger partial charge in [-0.2, -0.15) is 0 Å². The van der Waals surface area contributed by atoms with Gasteiger partial charge in [0, 0.05) is 12.8 Å². The Balaban J connectivity index is 3.39. The number of hydrogen-bond acceptors (Lipinski definition) is 4. The van der Waals surface area contributed by atoms with E-state index in [0.717, 1.165) is 25.7 Å². The first-order valence-electron chi connectivity index (χ1n) is 18.9. The van der Waals surface area contributed by atoms with Crippen LogP contribution in [0.25, 0.3) is 0 Å². The summed E-state index contributed by atoms with van der Waals surface area (Å²) in [5, 5.41) is 0. The zero-order valence-corrected chi connectivity index (χ0v) is 28.8. The molecule has 0 amide bonds. The molecule has 0 aliphatic carbocycles. The molecule has 0 heterocycles. The van der Waals surface area contributed by atoms with Crippen LogP contribution in [0.5, 0.6) is 0 Å². The predicted octanol–water partition coefficient (Wildman–Crippen LogP) is 12.6. The molecular formula is C38H74O4. The van der Waals surface area contributed by atoms with E-state index >= 15 is 0 Å². The van der Waals surface area contributed by atoms with Crippen LogP contribution in [0.2, 0.25) is 0 Å². The highest BCUT2D eigenvalue weighted by Gasteiger charge is 2.12. The SMILES string of the molecule is CCCCCCCCCCCCCCCCCC(=O)OCC(C)OC(=O)CCCCCCCCCCCCCCCC. The van der Waals surface area contributed by atoms with Gasteiger partial charge in [-0.25, -0.2) is 0 Å². The molecule has 0 bridgehead atoms. The van der Waals surface area contributed by atoms with Crippen molar-refractivity contribution in [1.82, 2.24) is 0 Å². The highest BCUT2D eigenvalue weighted by Crippen LogP contribution is 2.15. The number of rotatable bonds is 34. The minimum atomic E-state index is -0.367. The molecule has 0 fully saturated rings. The summed E-state index contributed by atoms with van der Waals surface area (Å²) in [6.45, 7) is 6.53. The smallest absolute Gasteiger partial charge is 0.306 e. The fourth-order valence-corrected chi connectivity index (χ4v) is 5.70. The Bertz CT molecular complexity index is 561. The maximum absolute atomic E-state index is 12.1. The van der Waals surface area contributed by atoms with E-state index in [2.05, 4.69) is 13.8 Å². The first-order valence-corrected chi connectivity index (χ1v) is 18.9. The predicted molar refractivity (Wildman–Crippen MR) is 181 cm³/mol. The molecule has 250 valence electrons. The molecule has 0 spiro atoms. The number of hydrogen-bond donors (Lipinski definition) is 0. The lowest BCUT2D eigenvalue weighted by Gasteiger charge is -2.13. The molecule has 0 radical (unpaired) electrons. The van der Waals surface area contributed by atoms with Gasteiger partial charge in [-0.3, -0.25) is 9.59 Å². The first kappa shape index (κ1) is 40.9. The molecular weight excluding hydrogens is 520 g/mol. The Labute approximate surface area is 263 Å². The van der Waals surface area contributed by atoms with Gasteiger partial charge in [0.2, 0.25) is 0 Å². The van der Waals surface area contributed by atoms with Crippen molar-refractivity contribution in [3.63, 3.8) is 0 Å². The summed E-state index contributed by atoms with van der Waals surface area (Å²) >= 11 is 0. The number of carbonyl (C=O) groups excluding carboxylic acids is 2. The average molecular weight is 595 g/mol. The van der Waals surface area contributed by atoms with Gasteiger partial charge in [0.1, 0.15) is 12.7 Å². The van der Waals surface area contributed by atoms with Crippen LogP contribution in [0.3, 0.4) is 0 Å². The lowest BCUT2D eigenvalue weighted by atomic mass is 10.0. The molecule has 0 N–H and O–H groups in total. The topological polar surface area (TPSA) is 52.6 Å². The van der Waals surface area contributed by atoms with Crippen LogP contribution in [0.1, 0.15) is 220 Å². The van der Waals surface area contributed by atoms with Crippen molar-refractivity contribution in [3.05, 3.63) is 0 Å². The number of esters is 2. The van der Waals surface area contributed by atoms with Gasteiger partial charge in [0.25, 0.3) is 0 Å². The molecule has 4 nitrogen and oxygen atoms in total. The lowest BCUT2D eigenvalue weighted by Crippen LogP contribution is -2.22. The summed E-state index contributed by atoms with van der Waals surface area (Å²) in [5.74, 6) is -0.334. The van der Waals surface area contributed by atoms with Crippen LogP contribution in [-0.2, 0) is 19.1 Å². The van der Waals surface area contributed by atoms with Gasteiger partial charge >= 0.3 is 11.9 Å². The monoisotopic (exact) mass is 595 g/mol. The molecule has 0 saturated heterocycles. The van der Waals surface area contributed by atoms with E-state index in [0.29, 0.717) is 12.8 Å². The second-order valence-electron chi connectivity index (χ2n) is 13.0. The van der Waals surface area contributed by atoms with Crippen LogP contribution in [0.15, 0.2) is 0 Å². The number of carbonyl (C=O) groups is 2. The molecule has 0 rings (SSSR count). The number of ether oxygens (including phenoxy) is 2. The molecule has 0 aromatic rings. The first-order chi connectivity index (χ1) is 20.6. The maximum atomic E-state index is 12.1. The summed E-state index contributed by atoms with van der Waals surface area (Å²) in [5.41, 5.74) is 0. The molecule has 1 unspecified atom stereocenters. The Morgan fingerprint density at radius 2 is 0.667 bits per heavy atom. The minimum absolute atomic E-state index is 0.167. The normalized spacial score (nSPS) is 12.0. The Hall–Kier alpha value is -1.06. The second-order valence-corrected chi connectivity index (χ2v) is 13.0. The van der Waals surface area contributed by atoms with Gasteiger partial charge in [-0.15, -0.1) is 0 Å². The van der Waals surface area contributed by atoms with E-state index < -0.39 is 0 Å². The van der Waals surface area contributed by atoms with Crippen LogP contribution in [-0.4, -0.2) is 24.6 Å². The molecule has 0 aromatic heterocycles. The van der Waals surface area contributed by atoms with E-state index in [9.17, 15) is 9.59 Å². The zero-order valence-electron chi connectivity index (χ0n) is 28.8. The van der Waals surface area contributed by atoms with E-state index in [1.165, 1.54) is 161 Å². The van der Waals surface area contributed by atoms with Crippen molar-refractivity contribution in [2.24, 2.45) is 0 Å². The summed E-state index contributed by atoms with van der Waals surface area (Å²) in [6, 6.07) is 0. The minimum Gasteiger partial charge on any atom is -0.462 e. The highest BCUT2D eigenvalue weighted by molar-refractivity contribution is 5.70. The summed E-state index contributed by atoms with van der Waals surface area (Å²) in [7, 11) is 0. The summed E-state index contributed by atoms with van der Waals surface area (Å²) in [4.78, 5) is 24.1. The maximum Gasteiger partial charge on any atom is 0.306 e. The quantitative estimate of drug-likeness (QED) is 0.0549. The molecule has 42 heavy (non-hydrogen) atoms. The molecule has 0 saturated carbocycles. The van der Waals surface area contributed by atoms with E-state index in [4.69, 9.17) is 9.47 Å². The third kappa shape index (κ3) is 33.4. The van der Waals surface area contributed by atoms with Gasteiger partial charge in [0.15, 0.2) is 0 Å². The standard InChI is InChI=1S/C38H74O4/c1-4-6-8-10-12-14-16-18-20-22-23-25-27-29-31-33-37(39)41-35-36(3)42-38(40)34-32-30-28-26-24-21-19-17-15-13-11-9-7-5-2/h36H,4-35H2,1-3H3. The molecule has 0 aliphatic rings. The van der Waals surface area contributed by atoms with Gasteiger partial charge < -0.3 is 9.47 Å². The fraction of sp³-hybridized carbons (Fsp3) is 0.947. The van der Waals surface area contributed by atoms with Crippen molar-refractivity contribution < 1.29 is 19.1 Å². The highest BCUT2D eigenvalue weighted by atomic mass is 16.6. The van der Waals surface area contributed by atoms with Crippen LogP contribution in [0, 0.1) is 0 Å². The summed E-state index contributed by atoms with van der Waals surface area (Å²) in [6.07, 6.45) is 38.6. The van der Waals surface area contributed by atoms with E-state index in [1.807, 2.05) is 6.92 Å². The molecule has 0 aliphatic heterocycles.